The highest BCUT2D eigenvalue weighted by molar-refractivity contribution is 5.76. The summed E-state index contributed by atoms with van der Waals surface area (Å²) in [5.41, 5.74) is -0.475. The maximum absolute atomic E-state index is 12.2. The fourth-order valence-electron chi connectivity index (χ4n) is 3.03. The van der Waals surface area contributed by atoms with Crippen molar-refractivity contribution in [1.29, 1.82) is 0 Å². The normalized spacial score (nSPS) is 22.1. The Morgan fingerprint density at radius 3 is 2.59 bits per heavy atom. The Bertz CT molecular complexity index is 432. The van der Waals surface area contributed by atoms with Gasteiger partial charge in [0.25, 0.3) is 0 Å². The monoisotopic (exact) mass is 308 g/mol. The maximum Gasteiger partial charge on any atom is 0.410 e. The van der Waals surface area contributed by atoms with E-state index in [1.807, 2.05) is 20.8 Å². The van der Waals surface area contributed by atoms with E-state index in [9.17, 15) is 9.59 Å². The van der Waals surface area contributed by atoms with Crippen LogP contribution in [0, 0.1) is 0 Å². The van der Waals surface area contributed by atoms with Crippen molar-refractivity contribution in [2.75, 3.05) is 6.54 Å². The van der Waals surface area contributed by atoms with Crippen LogP contribution in [-0.4, -0.2) is 41.1 Å². The molecular weight excluding hydrogens is 280 g/mol. The van der Waals surface area contributed by atoms with Gasteiger partial charge in [-0.1, -0.05) is 12.2 Å². The molecule has 1 saturated heterocycles. The molecule has 0 spiro atoms. The Hall–Kier alpha value is -1.52. The summed E-state index contributed by atoms with van der Waals surface area (Å²) in [6.07, 6.45) is 8.94. The quantitative estimate of drug-likeness (QED) is 0.812. The molecule has 0 aromatic carbocycles. The van der Waals surface area contributed by atoms with E-state index in [-0.39, 0.29) is 24.1 Å². The van der Waals surface area contributed by atoms with Gasteiger partial charge in [0.2, 0.25) is 5.91 Å². The lowest BCUT2D eigenvalue weighted by atomic mass is 10.1. The van der Waals surface area contributed by atoms with E-state index in [4.69, 9.17) is 4.74 Å². The highest BCUT2D eigenvalue weighted by Crippen LogP contribution is 2.24. The Labute approximate surface area is 133 Å². The van der Waals surface area contributed by atoms with Gasteiger partial charge >= 0.3 is 6.09 Å². The van der Waals surface area contributed by atoms with Gasteiger partial charge in [-0.3, -0.25) is 4.79 Å². The van der Waals surface area contributed by atoms with Crippen molar-refractivity contribution < 1.29 is 14.3 Å². The second kappa shape index (κ2) is 7.16. The first kappa shape index (κ1) is 16.8. The van der Waals surface area contributed by atoms with Gasteiger partial charge in [0.15, 0.2) is 0 Å². The molecule has 2 amide bonds. The first-order chi connectivity index (χ1) is 10.3. The summed E-state index contributed by atoms with van der Waals surface area (Å²) < 4.78 is 5.44. The third-order valence-corrected chi connectivity index (χ3v) is 4.08. The summed E-state index contributed by atoms with van der Waals surface area (Å²) >= 11 is 0. The summed E-state index contributed by atoms with van der Waals surface area (Å²) in [5.74, 6) is 0.0877. The van der Waals surface area contributed by atoms with Crippen molar-refractivity contribution >= 4 is 12.0 Å². The van der Waals surface area contributed by atoms with E-state index in [1.165, 1.54) is 0 Å². The lowest BCUT2D eigenvalue weighted by Crippen LogP contribution is -2.40. The fraction of sp³-hybridized carbons (Fsp3) is 0.765. The number of likely N-dealkylation sites (tertiary alicyclic amines) is 1. The Balaban J connectivity index is 1.76. The zero-order chi connectivity index (χ0) is 16.2. The molecular formula is C17H28N2O3. The van der Waals surface area contributed by atoms with Crippen LogP contribution in [0.1, 0.15) is 59.3 Å². The second-order valence-electron chi connectivity index (χ2n) is 7.22. The van der Waals surface area contributed by atoms with Crippen molar-refractivity contribution in [3.63, 3.8) is 0 Å². The standard InChI is InChI=1S/C17H28N2O3/c1-17(2,3)22-16(21)19-12-6-9-14(19)10-11-15(20)18-13-7-4-5-8-13/h4-5,13-14H,6-12H2,1-3H3,(H,18,20)/t14-/m0/s1. The summed E-state index contributed by atoms with van der Waals surface area (Å²) in [6, 6.07) is 0.389. The van der Waals surface area contributed by atoms with Crippen LogP contribution in [0.4, 0.5) is 4.79 Å². The molecule has 5 nitrogen and oxygen atoms in total. The molecule has 1 fully saturated rings. The molecule has 0 aromatic rings. The van der Waals surface area contributed by atoms with Crippen LogP contribution >= 0.6 is 0 Å². The molecule has 2 aliphatic rings. The van der Waals surface area contributed by atoms with Crippen LogP contribution in [0.5, 0.6) is 0 Å². The Morgan fingerprint density at radius 1 is 1.27 bits per heavy atom. The molecule has 0 bridgehead atoms. The average Bonchev–Trinajstić information content (AvgIpc) is 3.04. The van der Waals surface area contributed by atoms with Gasteiger partial charge in [0.05, 0.1) is 0 Å². The molecule has 5 heteroatoms. The minimum Gasteiger partial charge on any atom is -0.444 e. The van der Waals surface area contributed by atoms with Gasteiger partial charge in [-0.25, -0.2) is 4.79 Å². The fourth-order valence-corrected chi connectivity index (χ4v) is 3.03. The third kappa shape index (κ3) is 5.04. The van der Waals surface area contributed by atoms with Gasteiger partial charge in [0.1, 0.15) is 5.60 Å². The minimum absolute atomic E-state index is 0.0877. The number of carbonyl (C=O) groups excluding carboxylic acids is 2. The number of carbonyl (C=O) groups is 2. The van der Waals surface area contributed by atoms with Crippen LogP contribution in [0.25, 0.3) is 0 Å². The van der Waals surface area contributed by atoms with Crippen LogP contribution in [0.3, 0.4) is 0 Å². The SMILES string of the molecule is CC(C)(C)OC(=O)N1CCC[C@H]1CCC(=O)NC1CC=CC1. The molecule has 0 saturated carbocycles. The van der Waals surface area contributed by atoms with Crippen molar-refractivity contribution in [3.8, 4) is 0 Å². The van der Waals surface area contributed by atoms with Crippen molar-refractivity contribution in [1.82, 2.24) is 10.2 Å². The molecule has 1 atom stereocenters. The van der Waals surface area contributed by atoms with E-state index in [1.54, 1.807) is 4.90 Å². The van der Waals surface area contributed by atoms with E-state index in [2.05, 4.69) is 17.5 Å². The summed E-state index contributed by atoms with van der Waals surface area (Å²) in [5, 5.41) is 3.05. The summed E-state index contributed by atoms with van der Waals surface area (Å²) in [7, 11) is 0. The van der Waals surface area contributed by atoms with Crippen LogP contribution in [-0.2, 0) is 9.53 Å². The molecule has 1 aliphatic carbocycles. The zero-order valence-corrected chi connectivity index (χ0v) is 13.9. The molecule has 0 aromatic heterocycles. The van der Waals surface area contributed by atoms with Crippen molar-refractivity contribution in [2.24, 2.45) is 0 Å². The Kier molecular flexibility index (Phi) is 5.48. The van der Waals surface area contributed by atoms with Gasteiger partial charge in [-0.2, -0.15) is 0 Å². The molecule has 124 valence electrons. The first-order valence-electron chi connectivity index (χ1n) is 8.29. The van der Waals surface area contributed by atoms with Gasteiger partial charge in [-0.05, 0) is 52.9 Å². The first-order valence-corrected chi connectivity index (χ1v) is 8.29. The molecule has 1 heterocycles. The number of nitrogens with zero attached hydrogens (tertiary/aromatic N) is 1. The molecule has 1 aliphatic heterocycles. The van der Waals surface area contributed by atoms with Crippen LogP contribution < -0.4 is 5.32 Å². The lowest BCUT2D eigenvalue weighted by Gasteiger charge is -2.28. The molecule has 0 unspecified atom stereocenters. The molecule has 1 N–H and O–H groups in total. The maximum atomic E-state index is 12.2. The van der Waals surface area contributed by atoms with E-state index in [0.717, 1.165) is 32.2 Å². The molecule has 0 radical (unpaired) electrons. The van der Waals surface area contributed by atoms with Gasteiger partial charge in [0, 0.05) is 25.0 Å². The number of nitrogens with one attached hydrogen (secondary N) is 1. The summed E-state index contributed by atoms with van der Waals surface area (Å²) in [4.78, 5) is 26.0. The smallest absolute Gasteiger partial charge is 0.410 e. The summed E-state index contributed by atoms with van der Waals surface area (Å²) in [6.45, 7) is 6.35. The lowest BCUT2D eigenvalue weighted by molar-refractivity contribution is -0.122. The minimum atomic E-state index is -0.475. The number of amides is 2. The van der Waals surface area contributed by atoms with Gasteiger partial charge in [-0.15, -0.1) is 0 Å². The Morgan fingerprint density at radius 2 is 1.95 bits per heavy atom. The van der Waals surface area contributed by atoms with Crippen LogP contribution in [0.2, 0.25) is 0 Å². The van der Waals surface area contributed by atoms with E-state index >= 15 is 0 Å². The van der Waals surface area contributed by atoms with E-state index in [0.29, 0.717) is 12.8 Å². The van der Waals surface area contributed by atoms with Crippen molar-refractivity contribution in [3.05, 3.63) is 12.2 Å². The third-order valence-electron chi connectivity index (χ3n) is 4.08. The largest absolute Gasteiger partial charge is 0.444 e. The number of rotatable bonds is 4. The van der Waals surface area contributed by atoms with E-state index < -0.39 is 5.60 Å². The van der Waals surface area contributed by atoms with Crippen LogP contribution in [0.15, 0.2) is 12.2 Å². The number of hydrogen-bond donors (Lipinski definition) is 1. The zero-order valence-electron chi connectivity index (χ0n) is 13.9. The predicted molar refractivity (Wildman–Crippen MR) is 85.5 cm³/mol. The predicted octanol–water partition coefficient (Wildman–Crippen LogP) is 3.00. The molecule has 2 rings (SSSR count). The average molecular weight is 308 g/mol. The highest BCUT2D eigenvalue weighted by atomic mass is 16.6. The topological polar surface area (TPSA) is 58.6 Å². The van der Waals surface area contributed by atoms with Gasteiger partial charge < -0.3 is 15.0 Å². The number of ether oxygens (including phenoxy) is 1. The second-order valence-corrected chi connectivity index (χ2v) is 7.22. The highest BCUT2D eigenvalue weighted by Gasteiger charge is 2.32. The molecule has 22 heavy (non-hydrogen) atoms. The number of hydrogen-bond acceptors (Lipinski definition) is 3. The van der Waals surface area contributed by atoms with Crippen molar-refractivity contribution in [2.45, 2.75) is 77.0 Å².